The van der Waals surface area contributed by atoms with Gasteiger partial charge in [-0.2, -0.15) is 0 Å². The van der Waals surface area contributed by atoms with Crippen molar-refractivity contribution in [3.8, 4) is 0 Å². The summed E-state index contributed by atoms with van der Waals surface area (Å²) in [5.41, 5.74) is 2.18. The monoisotopic (exact) mass is 262 g/mol. The average Bonchev–Trinajstić information content (AvgIpc) is 2.58. The van der Waals surface area contributed by atoms with Gasteiger partial charge in [-0.3, -0.25) is 4.79 Å². The number of para-hydroxylation sites is 1. The number of aryl methyl sites for hydroxylation is 1. The minimum Gasteiger partial charge on any atom is -0.385 e. The van der Waals surface area contributed by atoms with Crippen molar-refractivity contribution >= 4 is 11.6 Å². The number of fused-ring (bicyclic) bond motifs is 1. The molecule has 0 aliphatic carbocycles. The molecule has 0 bridgehead atoms. The summed E-state index contributed by atoms with van der Waals surface area (Å²) in [6, 6.07) is 7.93. The molecule has 19 heavy (non-hydrogen) atoms. The molecule has 1 aliphatic heterocycles. The summed E-state index contributed by atoms with van der Waals surface area (Å²) in [6.45, 7) is 1.64. The number of carbonyl (C=O) groups is 1. The molecule has 0 saturated heterocycles. The van der Waals surface area contributed by atoms with Crippen LogP contribution in [0.1, 0.15) is 24.8 Å². The third-order valence-electron chi connectivity index (χ3n) is 3.46. The lowest BCUT2D eigenvalue weighted by Crippen LogP contribution is -2.40. The van der Waals surface area contributed by atoms with Crippen LogP contribution in [0, 0.1) is 0 Å². The summed E-state index contributed by atoms with van der Waals surface area (Å²) < 4.78 is 5.01. The first kappa shape index (κ1) is 14.0. The van der Waals surface area contributed by atoms with Gasteiger partial charge in [-0.1, -0.05) is 18.2 Å². The maximum Gasteiger partial charge on any atom is 0.241 e. The fraction of sp³-hybridized carbons (Fsp3) is 0.533. The van der Waals surface area contributed by atoms with Gasteiger partial charge in [0, 0.05) is 19.4 Å². The normalized spacial score (nSPS) is 18.6. The Hall–Kier alpha value is -1.39. The van der Waals surface area contributed by atoms with Crippen LogP contribution >= 0.6 is 0 Å². The third kappa shape index (κ3) is 4.04. The Morgan fingerprint density at radius 3 is 3.05 bits per heavy atom. The molecule has 4 heteroatoms. The molecular formula is C15H22N2O2. The number of nitrogens with one attached hydrogen (secondary N) is 2. The van der Waals surface area contributed by atoms with Crippen molar-refractivity contribution in [3.63, 3.8) is 0 Å². The summed E-state index contributed by atoms with van der Waals surface area (Å²) in [5.74, 6) is 0.0803. The first-order valence-electron chi connectivity index (χ1n) is 6.92. The highest BCUT2D eigenvalue weighted by molar-refractivity contribution is 5.96. The van der Waals surface area contributed by atoms with Crippen LogP contribution in [0.4, 0.5) is 5.69 Å². The van der Waals surface area contributed by atoms with Gasteiger partial charge in [0.25, 0.3) is 0 Å². The van der Waals surface area contributed by atoms with Gasteiger partial charge in [-0.05, 0) is 43.9 Å². The van der Waals surface area contributed by atoms with Gasteiger partial charge in [0.15, 0.2) is 0 Å². The van der Waals surface area contributed by atoms with Crippen molar-refractivity contribution in [1.29, 1.82) is 0 Å². The lowest BCUT2D eigenvalue weighted by molar-refractivity contribution is -0.118. The minimum absolute atomic E-state index is 0.0803. The van der Waals surface area contributed by atoms with Crippen LogP contribution in [0.2, 0.25) is 0 Å². The fourth-order valence-electron chi connectivity index (χ4n) is 2.35. The zero-order chi connectivity index (χ0) is 13.5. The number of rotatable bonds is 6. The topological polar surface area (TPSA) is 50.4 Å². The highest BCUT2D eigenvalue weighted by atomic mass is 16.5. The standard InChI is InChI=1S/C15H22N2O2/c1-19-11-5-4-10-16-14-9-8-12-6-2-3-7-13(12)17-15(14)18/h2-3,6-7,14,16H,4-5,8-11H2,1H3,(H,17,18). The van der Waals surface area contributed by atoms with Crippen molar-refractivity contribution in [2.45, 2.75) is 31.7 Å². The molecule has 1 amide bonds. The zero-order valence-electron chi connectivity index (χ0n) is 11.4. The molecule has 1 heterocycles. The maximum atomic E-state index is 12.1. The molecule has 2 rings (SSSR count). The van der Waals surface area contributed by atoms with Crippen molar-refractivity contribution < 1.29 is 9.53 Å². The molecule has 0 aromatic heterocycles. The molecule has 0 fully saturated rings. The molecule has 4 nitrogen and oxygen atoms in total. The fourth-order valence-corrected chi connectivity index (χ4v) is 2.35. The first-order valence-corrected chi connectivity index (χ1v) is 6.92. The van der Waals surface area contributed by atoms with Crippen LogP contribution in [-0.2, 0) is 16.0 Å². The second kappa shape index (κ2) is 7.26. The van der Waals surface area contributed by atoms with Crippen LogP contribution < -0.4 is 10.6 Å². The Labute approximate surface area is 114 Å². The number of amides is 1. The molecular weight excluding hydrogens is 240 g/mol. The number of methoxy groups -OCH3 is 1. The Morgan fingerprint density at radius 2 is 2.21 bits per heavy atom. The van der Waals surface area contributed by atoms with E-state index < -0.39 is 0 Å². The summed E-state index contributed by atoms with van der Waals surface area (Å²) in [6.07, 6.45) is 3.85. The molecule has 104 valence electrons. The Bertz CT molecular complexity index is 420. The zero-order valence-corrected chi connectivity index (χ0v) is 11.4. The number of hydrogen-bond acceptors (Lipinski definition) is 3. The summed E-state index contributed by atoms with van der Waals surface area (Å²) in [5, 5.41) is 6.34. The molecule has 1 atom stereocenters. The Morgan fingerprint density at radius 1 is 1.37 bits per heavy atom. The van der Waals surface area contributed by atoms with Gasteiger partial charge in [0.2, 0.25) is 5.91 Å². The van der Waals surface area contributed by atoms with Crippen molar-refractivity contribution in [2.24, 2.45) is 0 Å². The largest absolute Gasteiger partial charge is 0.385 e. The number of carbonyl (C=O) groups excluding carboxylic acids is 1. The predicted octanol–water partition coefficient (Wildman–Crippen LogP) is 1.96. The Kier molecular flexibility index (Phi) is 5.36. The van der Waals surface area contributed by atoms with Crippen LogP contribution in [0.25, 0.3) is 0 Å². The summed E-state index contributed by atoms with van der Waals surface area (Å²) >= 11 is 0. The summed E-state index contributed by atoms with van der Waals surface area (Å²) in [7, 11) is 1.71. The van der Waals surface area contributed by atoms with Crippen molar-refractivity contribution in [1.82, 2.24) is 5.32 Å². The van der Waals surface area contributed by atoms with E-state index in [-0.39, 0.29) is 11.9 Å². The molecule has 1 aromatic carbocycles. The van der Waals surface area contributed by atoms with Gasteiger partial charge in [-0.15, -0.1) is 0 Å². The van der Waals surface area contributed by atoms with Gasteiger partial charge in [0.05, 0.1) is 6.04 Å². The quantitative estimate of drug-likeness (QED) is 0.771. The molecule has 0 radical (unpaired) electrons. The van der Waals surface area contributed by atoms with E-state index in [1.54, 1.807) is 7.11 Å². The van der Waals surface area contributed by atoms with E-state index in [4.69, 9.17) is 4.74 Å². The maximum absolute atomic E-state index is 12.1. The molecule has 2 N–H and O–H groups in total. The van der Waals surface area contributed by atoms with Crippen LogP contribution in [-0.4, -0.2) is 32.2 Å². The smallest absolute Gasteiger partial charge is 0.241 e. The number of unbranched alkanes of at least 4 members (excludes halogenated alkanes) is 1. The van der Waals surface area contributed by atoms with Crippen LogP contribution in [0.3, 0.4) is 0 Å². The van der Waals surface area contributed by atoms with E-state index in [2.05, 4.69) is 16.7 Å². The molecule has 1 aromatic rings. The van der Waals surface area contributed by atoms with E-state index in [1.165, 1.54) is 5.56 Å². The number of hydrogen-bond donors (Lipinski definition) is 2. The molecule has 0 saturated carbocycles. The minimum atomic E-state index is -0.0880. The van der Waals surface area contributed by atoms with E-state index in [9.17, 15) is 4.79 Å². The van der Waals surface area contributed by atoms with Crippen molar-refractivity contribution in [3.05, 3.63) is 29.8 Å². The molecule has 1 aliphatic rings. The highest BCUT2D eigenvalue weighted by Crippen LogP contribution is 2.21. The van der Waals surface area contributed by atoms with Gasteiger partial charge < -0.3 is 15.4 Å². The summed E-state index contributed by atoms with van der Waals surface area (Å²) in [4.78, 5) is 12.1. The van der Waals surface area contributed by atoms with Crippen molar-refractivity contribution in [2.75, 3.05) is 25.6 Å². The third-order valence-corrected chi connectivity index (χ3v) is 3.46. The van der Waals surface area contributed by atoms with E-state index >= 15 is 0 Å². The van der Waals surface area contributed by atoms with Crippen LogP contribution in [0.15, 0.2) is 24.3 Å². The average molecular weight is 262 g/mol. The lowest BCUT2D eigenvalue weighted by Gasteiger charge is -2.15. The number of benzene rings is 1. The van der Waals surface area contributed by atoms with Gasteiger partial charge >= 0.3 is 0 Å². The SMILES string of the molecule is COCCCCNC1CCc2ccccc2NC1=O. The van der Waals surface area contributed by atoms with Gasteiger partial charge in [-0.25, -0.2) is 0 Å². The number of anilines is 1. The second-order valence-electron chi connectivity index (χ2n) is 4.89. The predicted molar refractivity (Wildman–Crippen MR) is 76.3 cm³/mol. The molecule has 1 unspecified atom stereocenters. The highest BCUT2D eigenvalue weighted by Gasteiger charge is 2.22. The van der Waals surface area contributed by atoms with Crippen LogP contribution in [0.5, 0.6) is 0 Å². The second-order valence-corrected chi connectivity index (χ2v) is 4.89. The molecule has 0 spiro atoms. The van der Waals surface area contributed by atoms with E-state index in [0.717, 1.165) is 44.5 Å². The number of ether oxygens (including phenoxy) is 1. The Balaban J connectivity index is 1.83. The van der Waals surface area contributed by atoms with E-state index in [0.29, 0.717) is 0 Å². The van der Waals surface area contributed by atoms with Gasteiger partial charge in [0.1, 0.15) is 0 Å². The van der Waals surface area contributed by atoms with E-state index in [1.807, 2.05) is 18.2 Å². The first-order chi connectivity index (χ1) is 9.31. The lowest BCUT2D eigenvalue weighted by atomic mass is 10.1.